The second-order valence-electron chi connectivity index (χ2n) is 7.51. The zero-order chi connectivity index (χ0) is 29.1. The minimum absolute atomic E-state index is 0.0899. The maximum Gasteiger partial charge on any atom is 0.435 e. The van der Waals surface area contributed by atoms with Crippen LogP contribution in [0.5, 0.6) is 5.75 Å². The summed E-state index contributed by atoms with van der Waals surface area (Å²) in [5.74, 6) is -1.58. The number of amides is 2. The normalized spacial score (nSPS) is 13.0. The summed E-state index contributed by atoms with van der Waals surface area (Å²) in [6, 6.07) is 4.44. The van der Waals surface area contributed by atoms with E-state index in [9.17, 15) is 40.3 Å². The molecule has 0 unspecified atom stereocenters. The van der Waals surface area contributed by atoms with Gasteiger partial charge in [-0.15, -0.1) is 0 Å². The third-order valence-corrected chi connectivity index (χ3v) is 6.01. The van der Waals surface area contributed by atoms with Gasteiger partial charge in [0.1, 0.15) is 0 Å². The highest BCUT2D eigenvalue weighted by Gasteiger charge is 2.73. The first-order chi connectivity index (χ1) is 17.5. The molecular formula is C24H19BrClF7N2O3. The highest BCUT2D eigenvalue weighted by atomic mass is 79.9. The standard InChI is InChI=1S/C24H19BrClF7N2O3/c1-4-7-12(5-2)20(36)34-17-9-6-8-14(19(17)38-3)21(37)35-18-15(25)10-13(11-16(18)26)22(27,23(28,29)30)24(31,32)33/h4-11H,1-3H3,(H,34,36)(H,35,37). The zero-order valence-corrected chi connectivity index (χ0v) is 22.1. The first-order valence-electron chi connectivity index (χ1n) is 10.4. The number of carbonyl (C=O) groups is 2. The van der Waals surface area contributed by atoms with Crippen molar-refractivity contribution in [2.45, 2.75) is 31.9 Å². The molecule has 0 fully saturated rings. The van der Waals surface area contributed by atoms with Crippen LogP contribution in [-0.4, -0.2) is 31.3 Å². The van der Waals surface area contributed by atoms with Crippen LogP contribution in [0.4, 0.5) is 42.1 Å². The lowest BCUT2D eigenvalue weighted by Gasteiger charge is -2.30. The molecule has 0 spiro atoms. The average Bonchev–Trinajstić information content (AvgIpc) is 2.82. The summed E-state index contributed by atoms with van der Waals surface area (Å²) in [6.07, 6.45) is -7.97. The van der Waals surface area contributed by atoms with Gasteiger partial charge in [-0.2, -0.15) is 26.3 Å². The smallest absolute Gasteiger partial charge is 0.435 e. The summed E-state index contributed by atoms with van der Waals surface area (Å²) in [5, 5.41) is 4.01. The molecule has 0 radical (unpaired) electrons. The first kappa shape index (κ1) is 31.2. The van der Waals surface area contributed by atoms with E-state index in [1.165, 1.54) is 25.3 Å². The van der Waals surface area contributed by atoms with Gasteiger partial charge in [-0.25, -0.2) is 4.39 Å². The molecule has 0 bridgehead atoms. The van der Waals surface area contributed by atoms with Gasteiger partial charge in [0, 0.05) is 15.6 Å². The molecule has 2 aromatic rings. The van der Waals surface area contributed by atoms with Crippen LogP contribution in [-0.2, 0) is 10.5 Å². The third kappa shape index (κ3) is 6.15. The van der Waals surface area contributed by atoms with Crippen LogP contribution in [0.1, 0.15) is 29.8 Å². The highest BCUT2D eigenvalue weighted by molar-refractivity contribution is 9.10. The third-order valence-electron chi connectivity index (χ3n) is 5.09. The van der Waals surface area contributed by atoms with Gasteiger partial charge in [-0.3, -0.25) is 9.59 Å². The molecule has 2 aromatic carbocycles. The van der Waals surface area contributed by atoms with Crippen LogP contribution in [0.25, 0.3) is 0 Å². The summed E-state index contributed by atoms with van der Waals surface area (Å²) < 4.78 is 98.0. The Kier molecular flexibility index (Phi) is 9.65. The van der Waals surface area contributed by atoms with Crippen LogP contribution in [0, 0.1) is 0 Å². The van der Waals surface area contributed by atoms with E-state index in [0.717, 1.165) is 0 Å². The molecule has 206 valence electrons. The monoisotopic (exact) mass is 630 g/mol. The molecule has 0 heterocycles. The average molecular weight is 632 g/mol. The lowest BCUT2D eigenvalue weighted by Crippen LogP contribution is -2.50. The molecule has 38 heavy (non-hydrogen) atoms. The quantitative estimate of drug-likeness (QED) is 0.184. The number of hydrogen-bond donors (Lipinski definition) is 2. The Labute approximate surface area is 225 Å². The van der Waals surface area contributed by atoms with Crippen molar-refractivity contribution >= 4 is 50.7 Å². The van der Waals surface area contributed by atoms with Crippen molar-refractivity contribution in [2.75, 3.05) is 17.7 Å². The minimum atomic E-state index is -6.35. The highest BCUT2D eigenvalue weighted by Crippen LogP contribution is 2.54. The fraction of sp³-hybridized carbons (Fsp3) is 0.250. The molecule has 2 amide bonds. The Bertz CT molecular complexity index is 1250. The van der Waals surface area contributed by atoms with Crippen molar-refractivity contribution in [1.29, 1.82) is 0 Å². The van der Waals surface area contributed by atoms with E-state index >= 15 is 0 Å². The Balaban J connectivity index is 2.48. The summed E-state index contributed by atoms with van der Waals surface area (Å²) >= 11 is 8.62. The van der Waals surface area contributed by atoms with Gasteiger partial charge in [0.2, 0.25) is 0 Å². The van der Waals surface area contributed by atoms with E-state index in [-0.39, 0.29) is 29.1 Å². The van der Waals surface area contributed by atoms with Gasteiger partial charge in [0.05, 0.1) is 29.1 Å². The summed E-state index contributed by atoms with van der Waals surface area (Å²) in [4.78, 5) is 25.5. The predicted octanol–water partition coefficient (Wildman–Crippen LogP) is 8.11. The number of methoxy groups -OCH3 is 1. The second-order valence-corrected chi connectivity index (χ2v) is 8.77. The second kappa shape index (κ2) is 11.8. The molecule has 2 N–H and O–H groups in total. The predicted molar refractivity (Wildman–Crippen MR) is 132 cm³/mol. The van der Waals surface area contributed by atoms with Gasteiger partial charge >= 0.3 is 18.0 Å². The number of anilines is 2. The van der Waals surface area contributed by atoms with Gasteiger partial charge in [-0.05, 0) is 54.0 Å². The first-order valence-corrected chi connectivity index (χ1v) is 11.6. The number of alkyl halides is 7. The number of carbonyl (C=O) groups excluding carboxylic acids is 2. The lowest BCUT2D eigenvalue weighted by molar-refractivity contribution is -0.348. The molecule has 0 saturated carbocycles. The van der Waals surface area contributed by atoms with Crippen molar-refractivity contribution in [3.8, 4) is 5.75 Å². The number of benzene rings is 2. The SMILES string of the molecule is CC=CC(=CC)C(=O)Nc1cccc(C(=O)Nc2c(Cl)cc(C(F)(C(F)(F)F)C(F)(F)F)cc2Br)c1OC. The van der Waals surface area contributed by atoms with E-state index in [1.54, 1.807) is 32.1 Å². The molecule has 0 aliphatic heterocycles. The van der Waals surface area contributed by atoms with Crippen molar-refractivity contribution in [2.24, 2.45) is 0 Å². The number of rotatable bonds is 7. The van der Waals surface area contributed by atoms with Crippen molar-refractivity contribution in [3.63, 3.8) is 0 Å². The van der Waals surface area contributed by atoms with E-state index in [1.807, 2.05) is 0 Å². The number of halogens is 9. The maximum atomic E-state index is 14.5. The number of nitrogens with one attached hydrogen (secondary N) is 2. The Hall–Kier alpha value is -3.06. The van der Waals surface area contributed by atoms with Crippen LogP contribution >= 0.6 is 27.5 Å². The number of para-hydroxylation sites is 1. The Morgan fingerprint density at radius 1 is 1.00 bits per heavy atom. The van der Waals surface area contributed by atoms with Crippen LogP contribution < -0.4 is 15.4 Å². The molecule has 2 rings (SSSR count). The van der Waals surface area contributed by atoms with Gasteiger partial charge in [-0.1, -0.05) is 35.9 Å². The van der Waals surface area contributed by atoms with Crippen molar-refractivity contribution < 1.29 is 45.1 Å². The van der Waals surface area contributed by atoms with E-state index in [2.05, 4.69) is 26.6 Å². The maximum absolute atomic E-state index is 14.5. The van der Waals surface area contributed by atoms with Gasteiger partial charge in [0.15, 0.2) is 5.75 Å². The fourth-order valence-corrected chi connectivity index (χ4v) is 4.21. The molecule has 0 aromatic heterocycles. The minimum Gasteiger partial charge on any atom is -0.494 e. The van der Waals surface area contributed by atoms with E-state index in [0.29, 0.717) is 5.57 Å². The summed E-state index contributed by atoms with van der Waals surface area (Å²) in [7, 11) is 1.21. The summed E-state index contributed by atoms with van der Waals surface area (Å²) in [5.41, 5.74) is -7.77. The summed E-state index contributed by atoms with van der Waals surface area (Å²) in [6.45, 7) is 3.34. The van der Waals surface area contributed by atoms with Gasteiger partial charge < -0.3 is 15.4 Å². The van der Waals surface area contributed by atoms with Gasteiger partial charge in [0.25, 0.3) is 11.8 Å². The van der Waals surface area contributed by atoms with Crippen molar-refractivity contribution in [3.05, 3.63) is 74.8 Å². The topological polar surface area (TPSA) is 67.4 Å². The Morgan fingerprint density at radius 2 is 1.61 bits per heavy atom. The zero-order valence-electron chi connectivity index (χ0n) is 19.7. The number of allylic oxidation sites excluding steroid dienone is 2. The van der Waals surface area contributed by atoms with E-state index < -0.39 is 50.6 Å². The van der Waals surface area contributed by atoms with Crippen LogP contribution in [0.2, 0.25) is 5.02 Å². The molecule has 0 aliphatic carbocycles. The number of ether oxygens (including phenoxy) is 1. The number of hydrogen-bond acceptors (Lipinski definition) is 3. The Morgan fingerprint density at radius 3 is 2.08 bits per heavy atom. The molecule has 0 saturated heterocycles. The largest absolute Gasteiger partial charge is 0.494 e. The molecule has 0 aliphatic rings. The van der Waals surface area contributed by atoms with Crippen LogP contribution in [0.3, 0.4) is 0 Å². The molecule has 14 heteroatoms. The molecular weight excluding hydrogens is 613 g/mol. The lowest BCUT2D eigenvalue weighted by atomic mass is 9.94. The van der Waals surface area contributed by atoms with E-state index in [4.69, 9.17) is 16.3 Å². The fourth-order valence-electron chi connectivity index (χ4n) is 3.27. The molecule has 5 nitrogen and oxygen atoms in total. The molecule has 0 atom stereocenters. The van der Waals surface area contributed by atoms with Crippen LogP contribution in [0.15, 0.2) is 58.6 Å². The van der Waals surface area contributed by atoms with Crippen molar-refractivity contribution in [1.82, 2.24) is 0 Å².